The standard InChI is InChI=1S/C14H16ClN3OS/c1-10-16-17-13(20-10)18-8-6-14(19,7-9-18)11-4-2-3-5-12(11)15/h2-5,19H,6-9H2,1H3. The van der Waals surface area contributed by atoms with Crippen LogP contribution in [0.5, 0.6) is 0 Å². The Morgan fingerprint density at radius 2 is 1.95 bits per heavy atom. The van der Waals surface area contributed by atoms with E-state index in [1.807, 2.05) is 31.2 Å². The summed E-state index contributed by atoms with van der Waals surface area (Å²) in [6, 6.07) is 7.54. The van der Waals surface area contributed by atoms with Crippen LogP contribution >= 0.6 is 22.9 Å². The Balaban J connectivity index is 1.76. The first-order chi connectivity index (χ1) is 9.58. The molecule has 1 aromatic carbocycles. The second-order valence-electron chi connectivity index (χ2n) is 5.10. The molecule has 2 heterocycles. The third-order valence-electron chi connectivity index (χ3n) is 3.75. The molecule has 4 nitrogen and oxygen atoms in total. The number of aryl methyl sites for hydroxylation is 1. The summed E-state index contributed by atoms with van der Waals surface area (Å²) in [5.74, 6) is 0. The zero-order valence-electron chi connectivity index (χ0n) is 11.2. The van der Waals surface area contributed by atoms with Gasteiger partial charge in [-0.1, -0.05) is 41.1 Å². The maximum Gasteiger partial charge on any atom is 0.208 e. The molecule has 1 saturated heterocycles. The molecule has 0 bridgehead atoms. The number of halogens is 1. The van der Waals surface area contributed by atoms with Crippen molar-refractivity contribution in [2.75, 3.05) is 18.0 Å². The van der Waals surface area contributed by atoms with Crippen LogP contribution in [0, 0.1) is 6.92 Å². The second kappa shape index (κ2) is 5.31. The molecule has 1 aromatic heterocycles. The van der Waals surface area contributed by atoms with Gasteiger partial charge in [-0.2, -0.15) is 0 Å². The summed E-state index contributed by atoms with van der Waals surface area (Å²) in [5, 5.41) is 21.6. The van der Waals surface area contributed by atoms with Crippen molar-refractivity contribution in [1.82, 2.24) is 10.2 Å². The van der Waals surface area contributed by atoms with E-state index >= 15 is 0 Å². The first-order valence-electron chi connectivity index (χ1n) is 6.61. The van der Waals surface area contributed by atoms with E-state index in [0.717, 1.165) is 28.8 Å². The van der Waals surface area contributed by atoms with Gasteiger partial charge >= 0.3 is 0 Å². The quantitative estimate of drug-likeness (QED) is 0.926. The van der Waals surface area contributed by atoms with Crippen LogP contribution in [0.4, 0.5) is 5.13 Å². The number of hydrogen-bond acceptors (Lipinski definition) is 5. The molecule has 1 N–H and O–H groups in total. The van der Waals surface area contributed by atoms with Crippen LogP contribution in [0.1, 0.15) is 23.4 Å². The summed E-state index contributed by atoms with van der Waals surface area (Å²) < 4.78 is 0. The molecule has 0 aliphatic carbocycles. The molecule has 1 aliphatic heterocycles. The Bertz CT molecular complexity index is 608. The number of benzene rings is 1. The molecule has 1 fully saturated rings. The summed E-state index contributed by atoms with van der Waals surface area (Å²) >= 11 is 7.80. The van der Waals surface area contributed by atoms with E-state index in [1.54, 1.807) is 11.3 Å². The van der Waals surface area contributed by atoms with Crippen LogP contribution in [-0.2, 0) is 5.60 Å². The molecular formula is C14H16ClN3OS. The number of aromatic nitrogens is 2. The normalized spacial score (nSPS) is 18.2. The van der Waals surface area contributed by atoms with Crippen LogP contribution in [0.15, 0.2) is 24.3 Å². The molecule has 6 heteroatoms. The van der Waals surface area contributed by atoms with E-state index in [2.05, 4.69) is 15.1 Å². The van der Waals surface area contributed by atoms with Crippen molar-refractivity contribution in [3.05, 3.63) is 39.9 Å². The van der Waals surface area contributed by atoms with Gasteiger partial charge in [-0.3, -0.25) is 0 Å². The highest BCUT2D eigenvalue weighted by atomic mass is 35.5. The SMILES string of the molecule is Cc1nnc(N2CCC(O)(c3ccccc3Cl)CC2)s1. The van der Waals surface area contributed by atoms with Crippen molar-refractivity contribution in [3.63, 3.8) is 0 Å². The molecule has 0 atom stereocenters. The maximum absolute atomic E-state index is 10.8. The Hall–Kier alpha value is -1.17. The summed E-state index contributed by atoms with van der Waals surface area (Å²) in [6.07, 6.45) is 1.30. The Kier molecular flexibility index (Phi) is 3.67. The highest BCUT2D eigenvalue weighted by molar-refractivity contribution is 7.15. The largest absolute Gasteiger partial charge is 0.385 e. The number of nitrogens with zero attached hydrogens (tertiary/aromatic N) is 3. The topological polar surface area (TPSA) is 49.2 Å². The lowest BCUT2D eigenvalue weighted by molar-refractivity contribution is 0.0118. The van der Waals surface area contributed by atoms with E-state index in [1.165, 1.54) is 0 Å². The molecule has 1 aliphatic rings. The molecule has 0 saturated carbocycles. The van der Waals surface area contributed by atoms with Gasteiger partial charge < -0.3 is 10.0 Å². The summed E-state index contributed by atoms with van der Waals surface area (Å²) in [7, 11) is 0. The highest BCUT2D eigenvalue weighted by Gasteiger charge is 2.36. The maximum atomic E-state index is 10.8. The van der Waals surface area contributed by atoms with Crippen LogP contribution in [0.2, 0.25) is 5.02 Å². The molecule has 106 valence electrons. The predicted octanol–water partition coefficient (Wildman–Crippen LogP) is 2.99. The van der Waals surface area contributed by atoms with Crippen molar-refractivity contribution in [1.29, 1.82) is 0 Å². The molecular weight excluding hydrogens is 294 g/mol. The zero-order valence-corrected chi connectivity index (χ0v) is 12.8. The molecule has 0 spiro atoms. The minimum absolute atomic E-state index is 0.634. The summed E-state index contributed by atoms with van der Waals surface area (Å²) in [6.45, 7) is 3.47. The summed E-state index contributed by atoms with van der Waals surface area (Å²) in [5.41, 5.74) is -0.0102. The monoisotopic (exact) mass is 309 g/mol. The fourth-order valence-corrected chi connectivity index (χ4v) is 3.64. The van der Waals surface area contributed by atoms with Gasteiger partial charge in [-0.25, -0.2) is 0 Å². The van der Waals surface area contributed by atoms with Crippen molar-refractivity contribution in [2.24, 2.45) is 0 Å². The molecule has 0 amide bonds. The average Bonchev–Trinajstić information content (AvgIpc) is 2.86. The van der Waals surface area contributed by atoms with Crippen LogP contribution in [0.3, 0.4) is 0 Å². The fraction of sp³-hybridized carbons (Fsp3) is 0.429. The summed E-state index contributed by atoms with van der Waals surface area (Å²) in [4.78, 5) is 2.18. The van der Waals surface area contributed by atoms with Gasteiger partial charge in [-0.05, 0) is 25.8 Å². The van der Waals surface area contributed by atoms with Crippen molar-refractivity contribution in [3.8, 4) is 0 Å². The lowest BCUT2D eigenvalue weighted by Crippen LogP contribution is -2.42. The lowest BCUT2D eigenvalue weighted by atomic mass is 9.84. The first-order valence-corrected chi connectivity index (χ1v) is 7.80. The van der Waals surface area contributed by atoms with Crippen LogP contribution in [0.25, 0.3) is 0 Å². The van der Waals surface area contributed by atoms with Crippen LogP contribution < -0.4 is 4.90 Å². The van der Waals surface area contributed by atoms with Gasteiger partial charge in [0.1, 0.15) is 5.01 Å². The predicted molar refractivity (Wildman–Crippen MR) is 81.4 cm³/mol. The molecule has 3 rings (SSSR count). The minimum Gasteiger partial charge on any atom is -0.385 e. The van der Waals surface area contributed by atoms with Crippen molar-refractivity contribution < 1.29 is 5.11 Å². The lowest BCUT2D eigenvalue weighted by Gasteiger charge is -2.38. The highest BCUT2D eigenvalue weighted by Crippen LogP contribution is 2.38. The molecule has 0 unspecified atom stereocenters. The fourth-order valence-electron chi connectivity index (χ4n) is 2.59. The molecule has 0 radical (unpaired) electrons. The molecule has 2 aromatic rings. The van der Waals surface area contributed by atoms with E-state index in [0.29, 0.717) is 17.9 Å². The van der Waals surface area contributed by atoms with E-state index < -0.39 is 5.60 Å². The second-order valence-corrected chi connectivity index (χ2v) is 6.67. The van der Waals surface area contributed by atoms with Gasteiger partial charge in [0.25, 0.3) is 0 Å². The number of anilines is 1. The van der Waals surface area contributed by atoms with Gasteiger partial charge in [-0.15, -0.1) is 10.2 Å². The average molecular weight is 310 g/mol. The minimum atomic E-state index is -0.839. The van der Waals surface area contributed by atoms with E-state index in [4.69, 9.17) is 11.6 Å². The number of rotatable bonds is 2. The Morgan fingerprint density at radius 1 is 1.25 bits per heavy atom. The third-order valence-corrected chi connectivity index (χ3v) is 4.98. The Morgan fingerprint density at radius 3 is 2.55 bits per heavy atom. The number of piperidine rings is 1. The van der Waals surface area contributed by atoms with Crippen LogP contribution in [-0.4, -0.2) is 28.4 Å². The van der Waals surface area contributed by atoms with Crippen molar-refractivity contribution in [2.45, 2.75) is 25.4 Å². The first kappa shape index (κ1) is 13.8. The zero-order chi connectivity index (χ0) is 14.2. The van der Waals surface area contributed by atoms with Gasteiger partial charge in [0, 0.05) is 23.7 Å². The van der Waals surface area contributed by atoms with Gasteiger partial charge in [0.15, 0.2) is 0 Å². The van der Waals surface area contributed by atoms with E-state index in [9.17, 15) is 5.11 Å². The number of aliphatic hydroxyl groups is 1. The van der Waals surface area contributed by atoms with E-state index in [-0.39, 0.29) is 0 Å². The van der Waals surface area contributed by atoms with Crippen molar-refractivity contribution >= 4 is 28.1 Å². The smallest absolute Gasteiger partial charge is 0.208 e. The Labute approximate surface area is 127 Å². The molecule has 20 heavy (non-hydrogen) atoms. The van der Waals surface area contributed by atoms with Gasteiger partial charge in [0.05, 0.1) is 5.60 Å². The third kappa shape index (κ3) is 2.53. The number of hydrogen-bond donors (Lipinski definition) is 1. The van der Waals surface area contributed by atoms with Gasteiger partial charge in [0.2, 0.25) is 5.13 Å².